The molecule has 3 N–H and O–H groups in total. The smallest absolute Gasteiger partial charge is 0.118 e. The molecule has 1 aromatic rings. The highest BCUT2D eigenvalue weighted by Gasteiger charge is 2.54. The minimum absolute atomic E-state index is 0.0379. The Balaban J connectivity index is 1.46. The van der Waals surface area contributed by atoms with Gasteiger partial charge >= 0.3 is 0 Å². The number of halogens is 2. The highest BCUT2D eigenvalue weighted by Crippen LogP contribution is 2.59. The lowest BCUT2D eigenvalue weighted by Gasteiger charge is -2.34. The van der Waals surface area contributed by atoms with E-state index in [9.17, 15) is 8.96 Å². The first-order chi connectivity index (χ1) is 14.6. The van der Waals surface area contributed by atoms with Crippen molar-refractivity contribution in [3.8, 4) is 0 Å². The molecule has 170 valence electrons. The molecule has 2 fully saturated rings. The number of hydrogen-bond donors (Lipinski definition) is 2. The average molecular weight is 433 g/mol. The Labute approximate surface area is 183 Å². The molecule has 3 rings (SSSR count). The lowest BCUT2D eigenvalue weighted by molar-refractivity contribution is 0.146. The second kappa shape index (κ2) is 9.42. The standard InChI is InChI=1S/C23H34F2N6/c1-22(2,3)7-11-30-12-8-23(9-13-30)14-17(23)15-29-21(27)5-4-19(26)18-16-28-10-6-20(18)31(24)25/h4-6,10,16-17,26H,7-9,11-15H2,1-3H3,(H2,27,29)/b5-4-,26-19?. The molecule has 1 atom stereocenters. The lowest BCUT2D eigenvalue weighted by Crippen LogP contribution is -2.37. The van der Waals surface area contributed by atoms with Crippen LogP contribution in [-0.4, -0.2) is 47.6 Å². The fraction of sp³-hybridized carbons (Fsp3) is 0.609. The molecule has 2 aliphatic rings. The third kappa shape index (κ3) is 6.32. The van der Waals surface area contributed by atoms with Gasteiger partial charge in [0.25, 0.3) is 0 Å². The number of rotatable bonds is 8. The van der Waals surface area contributed by atoms with Crippen LogP contribution in [0.1, 0.15) is 52.0 Å². The molecule has 1 aromatic heterocycles. The molecule has 0 aromatic carbocycles. The van der Waals surface area contributed by atoms with Crippen LogP contribution in [0, 0.1) is 22.2 Å². The van der Waals surface area contributed by atoms with Crippen molar-refractivity contribution in [3.05, 3.63) is 36.2 Å². The maximum atomic E-state index is 12.9. The molecular formula is C23H34F2N6. The highest BCUT2D eigenvalue weighted by atomic mass is 19.4. The second-order valence-electron chi connectivity index (χ2n) is 10.1. The zero-order chi connectivity index (χ0) is 22.6. The molecule has 0 amide bonds. The summed E-state index contributed by atoms with van der Waals surface area (Å²) in [6.45, 7) is 11.1. The van der Waals surface area contributed by atoms with Gasteiger partial charge in [-0.05, 0) is 85.6 Å². The lowest BCUT2D eigenvalue weighted by atomic mass is 9.88. The zero-order valence-corrected chi connectivity index (χ0v) is 18.7. The van der Waals surface area contributed by atoms with E-state index in [1.807, 2.05) is 0 Å². The number of allylic oxidation sites excluding steroid dienone is 1. The van der Waals surface area contributed by atoms with Crippen molar-refractivity contribution in [3.63, 3.8) is 0 Å². The number of hydrogen-bond acceptors (Lipinski definition) is 5. The molecule has 1 spiro atoms. The van der Waals surface area contributed by atoms with Gasteiger partial charge in [0.05, 0.1) is 5.71 Å². The number of pyridine rings is 1. The Bertz CT molecular complexity index is 835. The van der Waals surface area contributed by atoms with Crippen LogP contribution in [0.2, 0.25) is 0 Å². The molecule has 6 nitrogen and oxygen atoms in total. The molecule has 1 aliphatic heterocycles. The fourth-order valence-electron chi connectivity index (χ4n) is 4.29. The Morgan fingerprint density at radius 2 is 2.06 bits per heavy atom. The SMILES string of the molecule is CC(C)(C)CCN1CCC2(CC1)CC2CN=C(N)/C=C\C(=N)c1cnccc1N(F)F. The summed E-state index contributed by atoms with van der Waals surface area (Å²) >= 11 is 0. The Hall–Kier alpha value is -2.35. The van der Waals surface area contributed by atoms with Crippen molar-refractivity contribution < 1.29 is 8.96 Å². The maximum absolute atomic E-state index is 12.9. The first-order valence-corrected chi connectivity index (χ1v) is 10.9. The number of amidine groups is 1. The van der Waals surface area contributed by atoms with Crippen LogP contribution in [-0.2, 0) is 0 Å². The highest BCUT2D eigenvalue weighted by molar-refractivity contribution is 6.12. The quantitative estimate of drug-likeness (QED) is 0.361. The van der Waals surface area contributed by atoms with E-state index in [2.05, 4.69) is 35.6 Å². The van der Waals surface area contributed by atoms with Crippen molar-refractivity contribution in [1.82, 2.24) is 9.88 Å². The molecule has 1 aliphatic carbocycles. The number of aliphatic imine (C=N–C) groups is 1. The molecule has 0 radical (unpaired) electrons. The molecule has 0 bridgehead atoms. The van der Waals surface area contributed by atoms with E-state index in [1.165, 1.54) is 56.8 Å². The van der Waals surface area contributed by atoms with Crippen molar-refractivity contribution >= 4 is 17.2 Å². The van der Waals surface area contributed by atoms with Gasteiger partial charge < -0.3 is 16.0 Å². The molecule has 1 saturated heterocycles. The van der Waals surface area contributed by atoms with Crippen LogP contribution < -0.4 is 11.1 Å². The van der Waals surface area contributed by atoms with Crippen molar-refractivity contribution in [1.29, 1.82) is 5.41 Å². The Kier molecular flexibility index (Phi) is 7.09. The Morgan fingerprint density at radius 3 is 2.71 bits per heavy atom. The first kappa shape index (κ1) is 23.3. The second-order valence-corrected chi connectivity index (χ2v) is 10.1. The fourth-order valence-corrected chi connectivity index (χ4v) is 4.29. The van der Waals surface area contributed by atoms with Gasteiger partial charge in [0, 0.05) is 24.5 Å². The molecular weight excluding hydrogens is 398 g/mol. The van der Waals surface area contributed by atoms with Crippen LogP contribution in [0.3, 0.4) is 0 Å². The van der Waals surface area contributed by atoms with Crippen LogP contribution >= 0.6 is 0 Å². The monoisotopic (exact) mass is 432 g/mol. The third-order valence-corrected chi connectivity index (χ3v) is 6.57. The normalized spacial score (nSPS) is 21.6. The van der Waals surface area contributed by atoms with E-state index in [4.69, 9.17) is 11.1 Å². The predicted molar refractivity (Wildman–Crippen MR) is 122 cm³/mol. The Morgan fingerprint density at radius 1 is 1.35 bits per heavy atom. The van der Waals surface area contributed by atoms with E-state index >= 15 is 0 Å². The van der Waals surface area contributed by atoms with E-state index < -0.39 is 5.34 Å². The summed E-state index contributed by atoms with van der Waals surface area (Å²) in [5, 5.41) is 7.01. The molecule has 2 heterocycles. The number of nitrogens with zero attached hydrogens (tertiary/aromatic N) is 4. The van der Waals surface area contributed by atoms with E-state index in [0.29, 0.717) is 29.1 Å². The van der Waals surface area contributed by atoms with E-state index in [1.54, 1.807) is 0 Å². The molecule has 31 heavy (non-hydrogen) atoms. The number of aromatic nitrogens is 1. The first-order valence-electron chi connectivity index (χ1n) is 10.9. The predicted octanol–water partition coefficient (Wildman–Crippen LogP) is 4.48. The summed E-state index contributed by atoms with van der Waals surface area (Å²) in [5.41, 5.74) is 6.36. The summed E-state index contributed by atoms with van der Waals surface area (Å²) in [5.74, 6) is 0.887. The van der Waals surface area contributed by atoms with E-state index in [0.717, 1.165) is 19.2 Å². The van der Waals surface area contributed by atoms with Gasteiger partial charge in [-0.3, -0.25) is 9.98 Å². The van der Waals surface area contributed by atoms with Gasteiger partial charge in [-0.25, -0.2) is 0 Å². The summed E-state index contributed by atoms with van der Waals surface area (Å²) in [7, 11) is 0. The number of piperidine rings is 1. The molecule has 1 saturated carbocycles. The van der Waals surface area contributed by atoms with Gasteiger partial charge in [-0.1, -0.05) is 29.7 Å². The van der Waals surface area contributed by atoms with Gasteiger partial charge in [0.15, 0.2) is 0 Å². The van der Waals surface area contributed by atoms with Crippen LogP contribution in [0.15, 0.2) is 35.6 Å². The number of likely N-dealkylation sites (tertiary alicyclic amines) is 1. The number of anilines is 1. The van der Waals surface area contributed by atoms with Crippen LogP contribution in [0.4, 0.5) is 14.6 Å². The summed E-state index contributed by atoms with van der Waals surface area (Å²) in [4.78, 5) is 10.9. The van der Waals surface area contributed by atoms with E-state index in [-0.39, 0.29) is 17.0 Å². The maximum Gasteiger partial charge on any atom is 0.118 e. The van der Waals surface area contributed by atoms with Crippen molar-refractivity contribution in [2.45, 2.75) is 46.5 Å². The minimum atomic E-state index is -1.02. The van der Waals surface area contributed by atoms with Crippen molar-refractivity contribution in [2.24, 2.45) is 27.5 Å². The largest absolute Gasteiger partial charge is 0.384 e. The minimum Gasteiger partial charge on any atom is -0.384 e. The topological polar surface area (TPSA) is 81.6 Å². The molecule has 1 unspecified atom stereocenters. The third-order valence-electron chi connectivity index (χ3n) is 6.57. The van der Waals surface area contributed by atoms with Crippen molar-refractivity contribution in [2.75, 3.05) is 31.5 Å². The summed E-state index contributed by atoms with van der Waals surface area (Å²) in [6, 6.07) is 1.16. The molecule has 8 heteroatoms. The summed E-state index contributed by atoms with van der Waals surface area (Å²) < 4.78 is 25.9. The summed E-state index contributed by atoms with van der Waals surface area (Å²) in [6.07, 6.45) is 10.3. The number of nitrogens with one attached hydrogen (secondary N) is 1. The van der Waals surface area contributed by atoms with Crippen LogP contribution in [0.25, 0.3) is 0 Å². The average Bonchev–Trinajstić information content (AvgIpc) is 3.41. The van der Waals surface area contributed by atoms with Gasteiger partial charge in [0.2, 0.25) is 0 Å². The van der Waals surface area contributed by atoms with Gasteiger partial charge in [0.1, 0.15) is 11.5 Å². The number of nitrogens with two attached hydrogens (primary N) is 1. The zero-order valence-electron chi connectivity index (χ0n) is 18.7. The van der Waals surface area contributed by atoms with Crippen LogP contribution in [0.5, 0.6) is 0 Å². The van der Waals surface area contributed by atoms with Gasteiger partial charge in [-0.15, -0.1) is 0 Å². The van der Waals surface area contributed by atoms with Gasteiger partial charge in [-0.2, -0.15) is 0 Å².